The molecule has 0 aromatic carbocycles. The van der Waals surface area contributed by atoms with E-state index in [1.165, 1.54) is 6.20 Å². The van der Waals surface area contributed by atoms with E-state index in [1.54, 1.807) is 23.1 Å². The number of rotatable bonds is 1. The lowest BCUT2D eigenvalue weighted by Crippen LogP contribution is -1.93. The van der Waals surface area contributed by atoms with Crippen molar-refractivity contribution in [3.8, 4) is 17.0 Å². The Hall–Kier alpha value is -1.84. The highest BCUT2D eigenvalue weighted by Gasteiger charge is 2.02. The molecule has 66 valence electrons. The summed E-state index contributed by atoms with van der Waals surface area (Å²) in [5, 5.41) is 13.2. The largest absolute Gasteiger partial charge is 0.506 e. The topological polar surface area (TPSA) is 50.9 Å². The van der Waals surface area contributed by atoms with Gasteiger partial charge in [-0.3, -0.25) is 9.67 Å². The van der Waals surface area contributed by atoms with Gasteiger partial charge < -0.3 is 5.11 Å². The summed E-state index contributed by atoms with van der Waals surface area (Å²) in [6.45, 7) is 0. The van der Waals surface area contributed by atoms with E-state index in [9.17, 15) is 5.11 Å². The van der Waals surface area contributed by atoms with Gasteiger partial charge in [0.15, 0.2) is 0 Å². The molecule has 2 rings (SSSR count). The summed E-state index contributed by atoms with van der Waals surface area (Å²) >= 11 is 0. The van der Waals surface area contributed by atoms with Crippen molar-refractivity contribution in [1.82, 2.24) is 14.8 Å². The lowest BCUT2D eigenvalue weighted by molar-refractivity contribution is 0.473. The lowest BCUT2D eigenvalue weighted by atomic mass is 10.2. The van der Waals surface area contributed by atoms with Crippen LogP contribution >= 0.6 is 0 Å². The summed E-state index contributed by atoms with van der Waals surface area (Å²) in [5.74, 6) is 0.165. The molecule has 1 N–H and O–H groups in total. The van der Waals surface area contributed by atoms with Crippen molar-refractivity contribution in [2.45, 2.75) is 0 Å². The van der Waals surface area contributed by atoms with Crippen LogP contribution in [0.15, 0.2) is 30.7 Å². The Morgan fingerprint density at radius 1 is 1.38 bits per heavy atom. The minimum absolute atomic E-state index is 0.165. The van der Waals surface area contributed by atoms with Crippen LogP contribution < -0.4 is 0 Å². The molecule has 0 atom stereocenters. The molecule has 0 bridgehead atoms. The average Bonchev–Trinajstić information content (AvgIpc) is 2.51. The Morgan fingerprint density at radius 3 is 2.85 bits per heavy atom. The molecule has 2 heterocycles. The first kappa shape index (κ1) is 7.79. The van der Waals surface area contributed by atoms with Crippen LogP contribution in [0.25, 0.3) is 11.3 Å². The van der Waals surface area contributed by atoms with Gasteiger partial charge in [0.25, 0.3) is 0 Å². The maximum atomic E-state index is 9.21. The van der Waals surface area contributed by atoms with Gasteiger partial charge in [0.05, 0.1) is 11.9 Å². The quantitative estimate of drug-likeness (QED) is 0.708. The minimum Gasteiger partial charge on any atom is -0.506 e. The Balaban J connectivity index is 2.53. The molecule has 0 unspecified atom stereocenters. The molecule has 0 aliphatic rings. The normalized spacial score (nSPS) is 10.2. The fourth-order valence-corrected chi connectivity index (χ4v) is 1.22. The zero-order valence-corrected chi connectivity index (χ0v) is 7.18. The van der Waals surface area contributed by atoms with E-state index in [0.29, 0.717) is 0 Å². The summed E-state index contributed by atoms with van der Waals surface area (Å²) in [6.07, 6.45) is 4.80. The second-order valence-electron chi connectivity index (χ2n) is 2.77. The number of aromatic hydroxyl groups is 1. The predicted octanol–water partition coefficient (Wildman–Crippen LogP) is 1.19. The predicted molar refractivity (Wildman–Crippen MR) is 48.1 cm³/mol. The monoisotopic (exact) mass is 175 g/mol. The summed E-state index contributed by atoms with van der Waals surface area (Å²) in [6, 6.07) is 3.53. The minimum atomic E-state index is 0.165. The highest BCUT2D eigenvalue weighted by molar-refractivity contribution is 5.59. The summed E-state index contributed by atoms with van der Waals surface area (Å²) in [7, 11) is 1.85. The SMILES string of the molecule is Cn1nccc1-c1cncc(O)c1. The molecule has 0 amide bonds. The van der Waals surface area contributed by atoms with E-state index in [2.05, 4.69) is 10.1 Å². The number of hydrogen-bond donors (Lipinski definition) is 1. The van der Waals surface area contributed by atoms with Gasteiger partial charge in [-0.1, -0.05) is 0 Å². The molecule has 0 fully saturated rings. The molecule has 0 radical (unpaired) electrons. The van der Waals surface area contributed by atoms with Gasteiger partial charge in [0.1, 0.15) is 5.75 Å². The highest BCUT2D eigenvalue weighted by atomic mass is 16.3. The van der Waals surface area contributed by atoms with E-state index >= 15 is 0 Å². The zero-order chi connectivity index (χ0) is 9.26. The van der Waals surface area contributed by atoms with Crippen molar-refractivity contribution >= 4 is 0 Å². The van der Waals surface area contributed by atoms with Crippen LogP contribution in [0.2, 0.25) is 0 Å². The number of pyridine rings is 1. The first-order chi connectivity index (χ1) is 6.27. The molecule has 0 saturated carbocycles. The molecule has 13 heavy (non-hydrogen) atoms. The Bertz CT molecular complexity index is 422. The van der Waals surface area contributed by atoms with Crippen molar-refractivity contribution in [2.24, 2.45) is 7.05 Å². The third kappa shape index (κ3) is 1.38. The zero-order valence-electron chi connectivity index (χ0n) is 7.18. The van der Waals surface area contributed by atoms with Gasteiger partial charge in [0.2, 0.25) is 0 Å². The number of hydrogen-bond acceptors (Lipinski definition) is 3. The van der Waals surface area contributed by atoms with Crippen LogP contribution in [0, 0.1) is 0 Å². The first-order valence-corrected chi connectivity index (χ1v) is 3.90. The third-order valence-electron chi connectivity index (χ3n) is 1.84. The van der Waals surface area contributed by atoms with Crippen LogP contribution in [-0.2, 0) is 7.05 Å². The van der Waals surface area contributed by atoms with Crippen LogP contribution in [0.1, 0.15) is 0 Å². The molecule has 4 nitrogen and oxygen atoms in total. The smallest absolute Gasteiger partial charge is 0.134 e. The Labute approximate surface area is 75.5 Å². The van der Waals surface area contributed by atoms with Crippen molar-refractivity contribution < 1.29 is 5.11 Å². The third-order valence-corrected chi connectivity index (χ3v) is 1.84. The molecule has 4 heteroatoms. The van der Waals surface area contributed by atoms with Crippen LogP contribution in [0.5, 0.6) is 5.75 Å². The Morgan fingerprint density at radius 2 is 2.23 bits per heavy atom. The highest BCUT2D eigenvalue weighted by Crippen LogP contribution is 2.20. The summed E-state index contributed by atoms with van der Waals surface area (Å²) in [5.41, 5.74) is 1.79. The van der Waals surface area contributed by atoms with Gasteiger partial charge in [-0.05, 0) is 12.1 Å². The van der Waals surface area contributed by atoms with Gasteiger partial charge in [-0.15, -0.1) is 0 Å². The molecular weight excluding hydrogens is 166 g/mol. The van der Waals surface area contributed by atoms with Crippen molar-refractivity contribution in [1.29, 1.82) is 0 Å². The van der Waals surface area contributed by atoms with Crippen LogP contribution in [0.4, 0.5) is 0 Å². The molecule has 2 aromatic heterocycles. The van der Waals surface area contributed by atoms with Crippen molar-refractivity contribution in [2.75, 3.05) is 0 Å². The first-order valence-electron chi connectivity index (χ1n) is 3.90. The molecule has 0 saturated heterocycles. The van der Waals surface area contributed by atoms with E-state index in [4.69, 9.17) is 0 Å². The molecule has 0 aliphatic carbocycles. The molecular formula is C9H9N3O. The molecule has 0 spiro atoms. The maximum absolute atomic E-state index is 9.21. The van der Waals surface area contributed by atoms with Gasteiger partial charge in [-0.2, -0.15) is 5.10 Å². The lowest BCUT2D eigenvalue weighted by Gasteiger charge is -2.00. The maximum Gasteiger partial charge on any atom is 0.134 e. The standard InChI is InChI=1S/C9H9N3O/c1-12-9(2-3-11-12)7-4-8(13)6-10-5-7/h2-6,13H,1H3. The van der Waals surface area contributed by atoms with E-state index in [-0.39, 0.29) is 5.75 Å². The van der Waals surface area contributed by atoms with Gasteiger partial charge in [-0.25, -0.2) is 0 Å². The van der Waals surface area contributed by atoms with Crippen LogP contribution in [0.3, 0.4) is 0 Å². The summed E-state index contributed by atoms with van der Waals surface area (Å²) < 4.78 is 1.73. The Kier molecular flexibility index (Phi) is 1.73. The molecule has 2 aromatic rings. The molecule has 0 aliphatic heterocycles. The van der Waals surface area contributed by atoms with E-state index in [1.807, 2.05) is 13.1 Å². The van der Waals surface area contributed by atoms with Gasteiger partial charge >= 0.3 is 0 Å². The second kappa shape index (κ2) is 2.90. The number of nitrogens with zero attached hydrogens (tertiary/aromatic N) is 3. The van der Waals surface area contributed by atoms with Crippen molar-refractivity contribution in [3.05, 3.63) is 30.7 Å². The fourth-order valence-electron chi connectivity index (χ4n) is 1.22. The van der Waals surface area contributed by atoms with E-state index in [0.717, 1.165) is 11.3 Å². The number of aryl methyl sites for hydroxylation is 1. The van der Waals surface area contributed by atoms with E-state index < -0.39 is 0 Å². The summed E-state index contributed by atoms with van der Waals surface area (Å²) in [4.78, 5) is 3.89. The number of aromatic nitrogens is 3. The second-order valence-corrected chi connectivity index (χ2v) is 2.77. The fraction of sp³-hybridized carbons (Fsp3) is 0.111. The average molecular weight is 175 g/mol. The van der Waals surface area contributed by atoms with Gasteiger partial charge in [0, 0.05) is 25.0 Å². The van der Waals surface area contributed by atoms with Crippen molar-refractivity contribution in [3.63, 3.8) is 0 Å². The van der Waals surface area contributed by atoms with Crippen LogP contribution in [-0.4, -0.2) is 19.9 Å².